The van der Waals surface area contributed by atoms with E-state index in [0.717, 1.165) is 11.4 Å². The maximum Gasteiger partial charge on any atom is 0.410 e. The first-order valence-electron chi connectivity index (χ1n) is 15.4. The Balaban J connectivity index is 1.09. The molecule has 2 heterocycles. The van der Waals surface area contributed by atoms with Gasteiger partial charge in [0.15, 0.2) is 0 Å². The largest absolute Gasteiger partial charge is 0.446 e. The van der Waals surface area contributed by atoms with Crippen LogP contribution in [0.5, 0.6) is 0 Å². The van der Waals surface area contributed by atoms with Gasteiger partial charge in [-0.1, -0.05) is 36.4 Å². The van der Waals surface area contributed by atoms with Crippen molar-refractivity contribution < 1.29 is 29.1 Å². The highest BCUT2D eigenvalue weighted by Crippen LogP contribution is 2.34. The van der Waals surface area contributed by atoms with Gasteiger partial charge in [-0.15, -0.1) is 0 Å². The van der Waals surface area contributed by atoms with Gasteiger partial charge in [-0.25, -0.2) is 10.3 Å². The van der Waals surface area contributed by atoms with Crippen LogP contribution in [-0.2, 0) is 19.1 Å². The second kappa shape index (κ2) is 14.5. The molecular weight excluding hydrogens is 564 g/mol. The van der Waals surface area contributed by atoms with Crippen LogP contribution in [0.1, 0.15) is 19.3 Å². The molecule has 2 N–H and O–H groups in total. The number of amides is 4. The first-order chi connectivity index (χ1) is 21.3. The summed E-state index contributed by atoms with van der Waals surface area (Å²) in [4.78, 5) is 61.3. The average molecular weight is 607 g/mol. The highest BCUT2D eigenvalue weighted by atomic mass is 16.6. The summed E-state index contributed by atoms with van der Waals surface area (Å²) in [5.41, 5.74) is 3.67. The topological polar surface area (TPSA) is 126 Å². The molecule has 0 radical (unpaired) electrons. The van der Waals surface area contributed by atoms with Gasteiger partial charge in [-0.05, 0) is 43.5 Å². The second-order valence-corrected chi connectivity index (χ2v) is 11.7. The lowest BCUT2D eigenvalue weighted by Gasteiger charge is -2.41. The third-order valence-electron chi connectivity index (χ3n) is 9.05. The fraction of sp³-hybridized carbons (Fsp3) is 0.500. The van der Waals surface area contributed by atoms with Gasteiger partial charge in [-0.3, -0.25) is 24.5 Å². The molecule has 44 heavy (non-hydrogen) atoms. The molecule has 0 bridgehead atoms. The van der Waals surface area contributed by atoms with Crippen LogP contribution in [0.15, 0.2) is 60.7 Å². The molecule has 12 nitrogen and oxygen atoms in total. The maximum absolute atomic E-state index is 13.5. The van der Waals surface area contributed by atoms with Crippen LogP contribution in [0.2, 0.25) is 0 Å². The molecule has 0 spiro atoms. The molecule has 2 aromatic rings. The quantitative estimate of drug-likeness (QED) is 0.363. The number of carbonyl (C=O) groups excluding carboxylic acids is 4. The van der Waals surface area contributed by atoms with Crippen molar-refractivity contribution in [3.05, 3.63) is 60.7 Å². The van der Waals surface area contributed by atoms with E-state index in [1.54, 1.807) is 27.2 Å². The number of carbonyl (C=O) groups is 4. The molecule has 12 heteroatoms. The number of nitrogens with one attached hydrogen (secondary N) is 1. The molecule has 1 saturated carbocycles. The molecule has 2 aliphatic heterocycles. The first-order valence-corrected chi connectivity index (χ1v) is 15.4. The molecule has 2 aromatic carbocycles. The van der Waals surface area contributed by atoms with Gasteiger partial charge in [0.05, 0.1) is 18.4 Å². The van der Waals surface area contributed by atoms with Crippen molar-refractivity contribution in [2.24, 2.45) is 11.8 Å². The van der Waals surface area contributed by atoms with Crippen molar-refractivity contribution in [3.8, 4) is 0 Å². The lowest BCUT2D eigenvalue weighted by molar-refractivity contribution is -0.149. The summed E-state index contributed by atoms with van der Waals surface area (Å²) in [7, 11) is 1.75. The summed E-state index contributed by atoms with van der Waals surface area (Å²) in [6.45, 7) is 4.68. The van der Waals surface area contributed by atoms with Crippen molar-refractivity contribution in [2.75, 3.05) is 75.8 Å². The maximum atomic E-state index is 13.5. The van der Waals surface area contributed by atoms with Crippen molar-refractivity contribution in [1.29, 1.82) is 0 Å². The predicted octanol–water partition coefficient (Wildman–Crippen LogP) is 2.04. The monoisotopic (exact) mass is 606 g/mol. The predicted molar refractivity (Wildman–Crippen MR) is 164 cm³/mol. The van der Waals surface area contributed by atoms with Crippen LogP contribution in [0, 0.1) is 11.8 Å². The van der Waals surface area contributed by atoms with Crippen LogP contribution >= 0.6 is 0 Å². The number of para-hydroxylation sites is 2. The van der Waals surface area contributed by atoms with E-state index in [0.29, 0.717) is 65.2 Å². The molecule has 1 aliphatic carbocycles. The number of nitrogens with zero attached hydrogens (tertiary/aromatic N) is 5. The minimum Gasteiger partial charge on any atom is -0.446 e. The van der Waals surface area contributed by atoms with Gasteiger partial charge in [0.25, 0.3) is 0 Å². The number of hydrogen-bond acceptors (Lipinski definition) is 8. The Labute approximate surface area is 258 Å². The SMILES string of the molecule is CN(C(=O)CN1CCN(C(=O)OC2CCC(C(=O)N3CCN(c4ccccc4)CC3)C(C(=O)NO)C2)CC1)c1ccccc1. The fourth-order valence-electron chi connectivity index (χ4n) is 6.36. The summed E-state index contributed by atoms with van der Waals surface area (Å²) in [6, 6.07) is 19.5. The minimum absolute atomic E-state index is 0.0233. The Morgan fingerprint density at radius 2 is 1.43 bits per heavy atom. The standard InChI is InChI=1S/C32H42N6O6/c1-34(24-8-4-2-5-9-24)29(39)23-35-14-16-38(17-15-35)32(42)44-26-12-13-27(28(22-26)30(40)33-43)31(41)37-20-18-36(19-21-37)25-10-6-3-7-11-25/h2-11,26-28,43H,12-23H2,1H3,(H,33,40). The second-order valence-electron chi connectivity index (χ2n) is 11.7. The van der Waals surface area contributed by atoms with Crippen LogP contribution in [0.3, 0.4) is 0 Å². The van der Waals surface area contributed by atoms with Crippen molar-refractivity contribution in [1.82, 2.24) is 20.2 Å². The van der Waals surface area contributed by atoms with E-state index in [4.69, 9.17) is 4.74 Å². The zero-order valence-electron chi connectivity index (χ0n) is 25.2. The normalized spacial score (nSPS) is 22.7. The number of anilines is 2. The number of likely N-dealkylation sites (N-methyl/N-ethyl adjacent to an activating group) is 1. The average Bonchev–Trinajstić information content (AvgIpc) is 3.08. The summed E-state index contributed by atoms with van der Waals surface area (Å²) < 4.78 is 5.80. The fourth-order valence-corrected chi connectivity index (χ4v) is 6.36. The van der Waals surface area contributed by atoms with E-state index < -0.39 is 29.9 Å². The van der Waals surface area contributed by atoms with E-state index in [1.165, 1.54) is 0 Å². The highest BCUT2D eigenvalue weighted by molar-refractivity contribution is 5.94. The molecule has 3 unspecified atom stereocenters. The number of benzene rings is 2. The summed E-state index contributed by atoms with van der Waals surface area (Å²) >= 11 is 0. The smallest absolute Gasteiger partial charge is 0.410 e. The molecule has 2 saturated heterocycles. The van der Waals surface area contributed by atoms with Crippen LogP contribution < -0.4 is 15.3 Å². The Hall–Kier alpha value is -4.16. The Morgan fingerprint density at radius 3 is 2.07 bits per heavy atom. The zero-order valence-corrected chi connectivity index (χ0v) is 25.2. The summed E-state index contributed by atoms with van der Waals surface area (Å²) in [5.74, 6) is -2.14. The lowest BCUT2D eigenvalue weighted by atomic mass is 9.76. The molecule has 3 fully saturated rings. The molecular formula is C32H42N6O6. The minimum atomic E-state index is -0.796. The van der Waals surface area contributed by atoms with Crippen LogP contribution in [0.4, 0.5) is 16.2 Å². The molecule has 3 atom stereocenters. The van der Waals surface area contributed by atoms with E-state index in [2.05, 4.69) is 17.0 Å². The van der Waals surface area contributed by atoms with Gasteiger partial charge < -0.3 is 24.3 Å². The molecule has 236 valence electrons. The van der Waals surface area contributed by atoms with Crippen molar-refractivity contribution in [3.63, 3.8) is 0 Å². The van der Waals surface area contributed by atoms with E-state index in [-0.39, 0.29) is 24.8 Å². The van der Waals surface area contributed by atoms with Crippen molar-refractivity contribution in [2.45, 2.75) is 25.4 Å². The van der Waals surface area contributed by atoms with Crippen LogP contribution in [-0.4, -0.2) is 116 Å². The molecule has 5 rings (SSSR count). The van der Waals surface area contributed by atoms with Crippen molar-refractivity contribution >= 4 is 35.2 Å². The van der Waals surface area contributed by atoms with Gasteiger partial charge >= 0.3 is 6.09 Å². The van der Waals surface area contributed by atoms with Gasteiger partial charge in [-0.2, -0.15) is 0 Å². The third-order valence-corrected chi connectivity index (χ3v) is 9.05. The number of hydroxylamine groups is 1. The zero-order chi connectivity index (χ0) is 31.1. The highest BCUT2D eigenvalue weighted by Gasteiger charge is 2.43. The number of ether oxygens (including phenoxy) is 1. The molecule has 0 aromatic heterocycles. The Bertz CT molecular complexity index is 1280. The Kier molecular flexibility index (Phi) is 10.3. The first kappa shape index (κ1) is 31.3. The summed E-state index contributed by atoms with van der Waals surface area (Å²) in [5, 5.41) is 9.44. The third kappa shape index (κ3) is 7.48. The van der Waals surface area contributed by atoms with E-state index >= 15 is 0 Å². The summed E-state index contributed by atoms with van der Waals surface area (Å²) in [6.07, 6.45) is 0.00852. The number of rotatable bonds is 7. The van der Waals surface area contributed by atoms with Gasteiger partial charge in [0, 0.05) is 70.8 Å². The molecule has 4 amide bonds. The van der Waals surface area contributed by atoms with Crippen LogP contribution in [0.25, 0.3) is 0 Å². The van der Waals surface area contributed by atoms with Gasteiger partial charge in [0.2, 0.25) is 17.7 Å². The van der Waals surface area contributed by atoms with Gasteiger partial charge in [0.1, 0.15) is 6.10 Å². The van der Waals surface area contributed by atoms with E-state index in [1.807, 2.05) is 53.4 Å². The number of piperazine rings is 2. The Morgan fingerprint density at radius 1 is 0.818 bits per heavy atom. The molecule has 3 aliphatic rings. The lowest BCUT2D eigenvalue weighted by Crippen LogP contribution is -2.54. The number of hydrogen-bond donors (Lipinski definition) is 2. The van der Waals surface area contributed by atoms with E-state index in [9.17, 15) is 24.4 Å².